The van der Waals surface area contributed by atoms with Gasteiger partial charge in [-0.1, -0.05) is 41.1 Å². The van der Waals surface area contributed by atoms with E-state index in [1.165, 1.54) is 16.2 Å². The standard InChI is InChI=1S/C28H21ClN4O4S/c1-3-37-18-8-6-7-16(13-18)24-22(25(34)23-15(2)30-21-9-4-5-12-32(21)23)26(35)27(36)33(24)28-31-19-11-10-17(29)14-20(19)38-28/h4-14,24,34H,3H2,1-2H3. The van der Waals surface area contributed by atoms with Crippen molar-refractivity contribution in [1.82, 2.24) is 14.4 Å². The minimum absolute atomic E-state index is 0.0466. The van der Waals surface area contributed by atoms with Crippen LogP contribution in [-0.4, -0.2) is 37.8 Å². The summed E-state index contributed by atoms with van der Waals surface area (Å²) in [7, 11) is 0. The Morgan fingerprint density at radius 2 is 1.95 bits per heavy atom. The number of amides is 1. The van der Waals surface area contributed by atoms with Crippen LogP contribution in [0.4, 0.5) is 5.13 Å². The third kappa shape index (κ3) is 3.82. The highest BCUT2D eigenvalue weighted by molar-refractivity contribution is 7.22. The molecule has 3 aromatic heterocycles. The van der Waals surface area contributed by atoms with E-state index in [9.17, 15) is 14.7 Å². The van der Waals surface area contributed by atoms with Crippen molar-refractivity contribution in [3.8, 4) is 5.75 Å². The number of rotatable bonds is 5. The zero-order valence-corrected chi connectivity index (χ0v) is 22.0. The van der Waals surface area contributed by atoms with E-state index < -0.39 is 17.7 Å². The number of carbonyl (C=O) groups is 2. The number of thiazole rings is 1. The van der Waals surface area contributed by atoms with Gasteiger partial charge in [0, 0.05) is 11.2 Å². The first-order valence-corrected chi connectivity index (χ1v) is 13.1. The summed E-state index contributed by atoms with van der Waals surface area (Å²) in [4.78, 5) is 37.7. The second kappa shape index (κ2) is 9.27. The van der Waals surface area contributed by atoms with Gasteiger partial charge in [0.15, 0.2) is 10.9 Å². The number of aromatic nitrogens is 3. The van der Waals surface area contributed by atoms with E-state index in [1.807, 2.05) is 13.0 Å². The maximum Gasteiger partial charge on any atom is 0.301 e. The minimum Gasteiger partial charge on any atom is -0.505 e. The van der Waals surface area contributed by atoms with Crippen LogP contribution in [0.1, 0.15) is 29.9 Å². The molecule has 8 nitrogen and oxygen atoms in total. The third-order valence-electron chi connectivity index (χ3n) is 6.40. The van der Waals surface area contributed by atoms with Crippen molar-refractivity contribution in [3.05, 3.63) is 94.4 Å². The zero-order valence-electron chi connectivity index (χ0n) is 20.4. The first-order chi connectivity index (χ1) is 18.4. The van der Waals surface area contributed by atoms with Crippen molar-refractivity contribution in [2.45, 2.75) is 19.9 Å². The molecule has 0 saturated carbocycles. The summed E-state index contributed by atoms with van der Waals surface area (Å²) < 4.78 is 8.17. The molecule has 10 heteroatoms. The first kappa shape index (κ1) is 24.1. The molecule has 1 unspecified atom stereocenters. The molecule has 0 bridgehead atoms. The van der Waals surface area contributed by atoms with Crippen LogP contribution in [0.5, 0.6) is 5.75 Å². The van der Waals surface area contributed by atoms with Crippen LogP contribution in [0, 0.1) is 6.92 Å². The number of aryl methyl sites for hydroxylation is 1. The van der Waals surface area contributed by atoms with Gasteiger partial charge in [0.05, 0.1) is 34.1 Å². The summed E-state index contributed by atoms with van der Waals surface area (Å²) in [6.07, 6.45) is 1.75. The summed E-state index contributed by atoms with van der Waals surface area (Å²) in [5.74, 6) is -1.32. The number of ketones is 1. The van der Waals surface area contributed by atoms with Gasteiger partial charge in [-0.25, -0.2) is 9.97 Å². The number of imidazole rings is 1. The molecule has 0 radical (unpaired) electrons. The number of pyridine rings is 1. The molecule has 6 rings (SSSR count). The smallest absolute Gasteiger partial charge is 0.301 e. The number of aliphatic hydroxyl groups is 1. The number of nitrogens with zero attached hydrogens (tertiary/aromatic N) is 4. The van der Waals surface area contributed by atoms with E-state index in [0.717, 1.165) is 4.70 Å². The quantitative estimate of drug-likeness (QED) is 0.167. The van der Waals surface area contributed by atoms with Crippen LogP contribution >= 0.6 is 22.9 Å². The predicted octanol–water partition coefficient (Wildman–Crippen LogP) is 5.93. The van der Waals surface area contributed by atoms with Crippen molar-refractivity contribution in [1.29, 1.82) is 0 Å². The molecule has 5 aromatic rings. The Balaban J connectivity index is 1.61. The number of carbonyl (C=O) groups excluding carboxylic acids is 2. The van der Waals surface area contributed by atoms with Gasteiger partial charge in [-0.3, -0.25) is 18.9 Å². The summed E-state index contributed by atoms with van der Waals surface area (Å²) in [5, 5.41) is 12.5. The number of anilines is 1. The number of hydrogen-bond donors (Lipinski definition) is 1. The molecular weight excluding hydrogens is 524 g/mol. The van der Waals surface area contributed by atoms with Crippen molar-refractivity contribution in [3.63, 3.8) is 0 Å². The van der Waals surface area contributed by atoms with E-state index in [4.69, 9.17) is 16.3 Å². The van der Waals surface area contributed by atoms with Gasteiger partial charge in [0.2, 0.25) is 0 Å². The number of halogens is 1. The van der Waals surface area contributed by atoms with E-state index >= 15 is 0 Å². The summed E-state index contributed by atoms with van der Waals surface area (Å²) in [5.41, 5.74) is 2.68. The molecule has 1 aliphatic rings. The fraction of sp³-hybridized carbons (Fsp3) is 0.143. The van der Waals surface area contributed by atoms with Crippen LogP contribution in [0.2, 0.25) is 5.02 Å². The minimum atomic E-state index is -0.944. The molecule has 38 heavy (non-hydrogen) atoms. The summed E-state index contributed by atoms with van der Waals surface area (Å²) in [6.45, 7) is 4.07. The molecule has 1 amide bonds. The second-order valence-electron chi connectivity index (χ2n) is 8.76. The molecule has 0 aliphatic carbocycles. The van der Waals surface area contributed by atoms with Gasteiger partial charge in [-0.15, -0.1) is 0 Å². The number of hydrogen-bond acceptors (Lipinski definition) is 7. The van der Waals surface area contributed by atoms with Crippen LogP contribution in [0.3, 0.4) is 0 Å². The number of benzene rings is 2. The normalized spacial score (nSPS) is 17.1. The van der Waals surface area contributed by atoms with Gasteiger partial charge in [0.1, 0.15) is 17.1 Å². The number of ether oxygens (including phenoxy) is 1. The van der Waals surface area contributed by atoms with Gasteiger partial charge >= 0.3 is 5.91 Å². The summed E-state index contributed by atoms with van der Waals surface area (Å²) in [6, 6.07) is 16.9. The molecule has 0 spiro atoms. The van der Waals surface area contributed by atoms with Crippen molar-refractivity contribution in [2.75, 3.05) is 11.5 Å². The fourth-order valence-electron chi connectivity index (χ4n) is 4.80. The maximum absolute atomic E-state index is 13.6. The largest absolute Gasteiger partial charge is 0.505 e. The molecule has 1 saturated heterocycles. The van der Waals surface area contributed by atoms with Gasteiger partial charge < -0.3 is 9.84 Å². The van der Waals surface area contributed by atoms with Gasteiger partial charge in [-0.05, 0) is 61.9 Å². The topological polar surface area (TPSA) is 97.0 Å². The molecule has 1 aliphatic heterocycles. The molecular formula is C28H21ClN4O4S. The third-order valence-corrected chi connectivity index (χ3v) is 7.66. The SMILES string of the molecule is CCOc1cccc(C2C(=C(O)c3c(C)nc4ccccn34)C(=O)C(=O)N2c2nc3ccc(Cl)cc3s2)c1. The average Bonchev–Trinajstić information content (AvgIpc) is 3.54. The highest BCUT2D eigenvalue weighted by Gasteiger charge is 2.48. The maximum atomic E-state index is 13.6. The van der Waals surface area contributed by atoms with Crippen LogP contribution in [0.25, 0.3) is 21.6 Å². The van der Waals surface area contributed by atoms with E-state index in [0.29, 0.717) is 50.6 Å². The lowest BCUT2D eigenvalue weighted by Gasteiger charge is -2.23. The number of fused-ring (bicyclic) bond motifs is 2. The lowest BCUT2D eigenvalue weighted by Crippen LogP contribution is -2.29. The Labute approximate surface area is 226 Å². The Kier molecular flexibility index (Phi) is 5.89. The monoisotopic (exact) mass is 544 g/mol. The highest BCUT2D eigenvalue weighted by atomic mass is 35.5. The van der Waals surface area contributed by atoms with Gasteiger partial charge in [0.25, 0.3) is 5.78 Å². The van der Waals surface area contributed by atoms with E-state index in [1.54, 1.807) is 72.1 Å². The van der Waals surface area contributed by atoms with Crippen LogP contribution in [-0.2, 0) is 9.59 Å². The van der Waals surface area contributed by atoms with E-state index in [2.05, 4.69) is 9.97 Å². The Bertz CT molecular complexity index is 1790. The van der Waals surface area contributed by atoms with Crippen molar-refractivity contribution >= 4 is 61.4 Å². The number of aliphatic hydroxyl groups excluding tert-OH is 1. The molecule has 1 fully saturated rings. The van der Waals surface area contributed by atoms with Crippen molar-refractivity contribution < 1.29 is 19.4 Å². The molecule has 2 aromatic carbocycles. The lowest BCUT2D eigenvalue weighted by atomic mass is 9.96. The summed E-state index contributed by atoms with van der Waals surface area (Å²) >= 11 is 7.43. The van der Waals surface area contributed by atoms with Gasteiger partial charge in [-0.2, -0.15) is 0 Å². The molecule has 1 atom stereocenters. The lowest BCUT2D eigenvalue weighted by molar-refractivity contribution is -0.132. The number of Topliss-reactive ketones (excluding diaryl/α,β-unsaturated/α-hetero) is 1. The molecule has 190 valence electrons. The molecule has 1 N–H and O–H groups in total. The zero-order chi connectivity index (χ0) is 26.6. The first-order valence-electron chi connectivity index (χ1n) is 11.9. The Morgan fingerprint density at radius 1 is 1.11 bits per heavy atom. The Hall–Kier alpha value is -4.21. The Morgan fingerprint density at radius 3 is 2.76 bits per heavy atom. The van der Waals surface area contributed by atoms with Crippen molar-refractivity contribution in [2.24, 2.45) is 0 Å². The van der Waals surface area contributed by atoms with E-state index in [-0.39, 0.29) is 11.3 Å². The average molecular weight is 545 g/mol. The highest BCUT2D eigenvalue weighted by Crippen LogP contribution is 2.45. The predicted molar refractivity (Wildman–Crippen MR) is 147 cm³/mol. The van der Waals surface area contributed by atoms with Crippen LogP contribution < -0.4 is 9.64 Å². The molecule has 4 heterocycles. The second-order valence-corrected chi connectivity index (χ2v) is 10.2. The fourth-order valence-corrected chi connectivity index (χ4v) is 6.07. The van der Waals surface area contributed by atoms with Crippen LogP contribution in [0.15, 0.2) is 72.4 Å².